The molecule has 4 rings (SSSR count). The highest BCUT2D eigenvalue weighted by atomic mass is 16.3. The number of furan rings is 1. The number of hydrogen-bond donors (Lipinski definition) is 0. The first-order chi connectivity index (χ1) is 10.8. The van der Waals surface area contributed by atoms with Gasteiger partial charge in [0.05, 0.1) is 17.3 Å². The molecule has 3 heterocycles. The van der Waals surface area contributed by atoms with Crippen LogP contribution in [0.15, 0.2) is 53.2 Å². The topological polar surface area (TPSA) is 51.3 Å². The van der Waals surface area contributed by atoms with Crippen molar-refractivity contribution >= 4 is 29.0 Å². The van der Waals surface area contributed by atoms with E-state index in [0.29, 0.717) is 12.3 Å². The van der Waals surface area contributed by atoms with Crippen LogP contribution in [0.1, 0.15) is 12.2 Å². The zero-order valence-electron chi connectivity index (χ0n) is 12.0. The molecular weight excluding hydrogens is 278 g/mol. The van der Waals surface area contributed by atoms with E-state index < -0.39 is 0 Å². The number of carbonyl (C=O) groups excluding carboxylic acids is 1. The van der Waals surface area contributed by atoms with E-state index in [1.807, 2.05) is 30.3 Å². The highest BCUT2D eigenvalue weighted by Gasteiger charge is 2.24. The van der Waals surface area contributed by atoms with Gasteiger partial charge in [0.2, 0.25) is 5.95 Å². The monoisotopic (exact) mass is 293 g/mol. The number of rotatable bonds is 2. The second-order valence-electron chi connectivity index (χ2n) is 5.24. The molecule has 0 spiro atoms. The van der Waals surface area contributed by atoms with Gasteiger partial charge in [-0.15, -0.1) is 0 Å². The summed E-state index contributed by atoms with van der Waals surface area (Å²) in [5.41, 5.74) is 2.00. The van der Waals surface area contributed by atoms with Crippen LogP contribution < -0.4 is 4.90 Å². The summed E-state index contributed by atoms with van der Waals surface area (Å²) in [7, 11) is 0. The molecule has 3 aromatic rings. The molecular formula is C17H15N3O2. The van der Waals surface area contributed by atoms with Crippen molar-refractivity contribution in [3.8, 4) is 0 Å². The summed E-state index contributed by atoms with van der Waals surface area (Å²) in [5.74, 6) is 1.31. The molecule has 5 nitrogen and oxygen atoms in total. The second kappa shape index (κ2) is 5.18. The van der Waals surface area contributed by atoms with Crippen LogP contribution in [0.4, 0.5) is 5.95 Å². The summed E-state index contributed by atoms with van der Waals surface area (Å²) >= 11 is 0. The molecule has 0 aliphatic carbocycles. The van der Waals surface area contributed by atoms with Gasteiger partial charge < -0.3 is 8.98 Å². The number of anilines is 1. The van der Waals surface area contributed by atoms with Crippen LogP contribution in [0.5, 0.6) is 0 Å². The van der Waals surface area contributed by atoms with E-state index in [-0.39, 0.29) is 5.91 Å². The molecule has 0 radical (unpaired) electrons. The third-order valence-electron chi connectivity index (χ3n) is 3.84. The lowest BCUT2D eigenvalue weighted by Crippen LogP contribution is -2.36. The predicted molar refractivity (Wildman–Crippen MR) is 84.4 cm³/mol. The van der Waals surface area contributed by atoms with E-state index in [9.17, 15) is 4.79 Å². The zero-order valence-corrected chi connectivity index (χ0v) is 12.0. The Morgan fingerprint density at radius 1 is 1.18 bits per heavy atom. The third-order valence-corrected chi connectivity index (χ3v) is 3.84. The van der Waals surface area contributed by atoms with E-state index in [1.165, 1.54) is 6.08 Å². The highest BCUT2D eigenvalue weighted by Crippen LogP contribution is 2.26. The van der Waals surface area contributed by atoms with Gasteiger partial charge in [-0.05, 0) is 36.8 Å². The van der Waals surface area contributed by atoms with Gasteiger partial charge in [0.1, 0.15) is 5.76 Å². The minimum Gasteiger partial charge on any atom is -0.465 e. The normalized spacial score (nSPS) is 14.6. The molecule has 1 aromatic carbocycles. The van der Waals surface area contributed by atoms with Gasteiger partial charge in [0, 0.05) is 19.2 Å². The maximum Gasteiger partial charge on any atom is 0.253 e. The van der Waals surface area contributed by atoms with Crippen LogP contribution in [0.25, 0.3) is 17.1 Å². The van der Waals surface area contributed by atoms with Gasteiger partial charge in [-0.25, -0.2) is 4.98 Å². The summed E-state index contributed by atoms with van der Waals surface area (Å²) in [5, 5.41) is 0. The number of aromatic nitrogens is 2. The van der Waals surface area contributed by atoms with Gasteiger partial charge in [-0.1, -0.05) is 12.1 Å². The van der Waals surface area contributed by atoms with Crippen LogP contribution in [-0.4, -0.2) is 22.0 Å². The molecule has 0 saturated carbocycles. The summed E-state index contributed by atoms with van der Waals surface area (Å²) < 4.78 is 7.32. The summed E-state index contributed by atoms with van der Waals surface area (Å²) in [6, 6.07) is 11.6. The maximum atomic E-state index is 12.5. The quantitative estimate of drug-likeness (QED) is 0.682. The number of para-hydroxylation sites is 2. The summed E-state index contributed by atoms with van der Waals surface area (Å²) in [6.45, 7) is 1.58. The Labute approximate surface area is 127 Å². The van der Waals surface area contributed by atoms with Crippen molar-refractivity contribution in [2.45, 2.75) is 13.0 Å². The minimum atomic E-state index is -0.0762. The Bertz CT molecular complexity index is 846. The molecule has 0 atom stereocenters. The molecule has 1 aliphatic heterocycles. The van der Waals surface area contributed by atoms with Crippen molar-refractivity contribution in [1.29, 1.82) is 0 Å². The first kappa shape index (κ1) is 12.9. The number of carbonyl (C=O) groups is 1. The lowest BCUT2D eigenvalue weighted by molar-refractivity contribution is -0.114. The number of nitrogens with zero attached hydrogens (tertiary/aromatic N) is 3. The molecule has 5 heteroatoms. The Kier molecular flexibility index (Phi) is 3.04. The van der Waals surface area contributed by atoms with E-state index in [0.717, 1.165) is 29.9 Å². The fourth-order valence-electron chi connectivity index (χ4n) is 2.81. The van der Waals surface area contributed by atoms with Crippen molar-refractivity contribution in [2.75, 3.05) is 11.4 Å². The van der Waals surface area contributed by atoms with Crippen molar-refractivity contribution in [3.05, 3.63) is 54.5 Å². The standard InChI is InChI=1S/C17H15N3O2/c21-16(9-8-13-5-3-12-22-13)20-11-4-10-19-15-7-2-1-6-14(15)18-17(19)20/h1-3,5-9,12H,4,10-11H2/b9-8+. The van der Waals surface area contributed by atoms with Gasteiger partial charge in [-0.3, -0.25) is 9.69 Å². The SMILES string of the molecule is O=C(/C=C/c1ccco1)N1CCCn2c1nc1ccccc12. The lowest BCUT2D eigenvalue weighted by atomic mass is 10.3. The lowest BCUT2D eigenvalue weighted by Gasteiger charge is -2.26. The molecule has 2 aromatic heterocycles. The van der Waals surface area contributed by atoms with Gasteiger partial charge in [0.15, 0.2) is 0 Å². The van der Waals surface area contributed by atoms with Gasteiger partial charge >= 0.3 is 0 Å². The largest absolute Gasteiger partial charge is 0.465 e. The fraction of sp³-hybridized carbons (Fsp3) is 0.176. The molecule has 0 saturated heterocycles. The molecule has 1 amide bonds. The van der Waals surface area contributed by atoms with E-state index in [2.05, 4.69) is 9.55 Å². The molecule has 0 unspecified atom stereocenters. The molecule has 0 fully saturated rings. The van der Waals surface area contributed by atoms with E-state index in [1.54, 1.807) is 23.3 Å². The average molecular weight is 293 g/mol. The fourth-order valence-corrected chi connectivity index (χ4v) is 2.81. The van der Waals surface area contributed by atoms with Gasteiger partial charge in [-0.2, -0.15) is 0 Å². The Hall–Kier alpha value is -2.82. The molecule has 0 bridgehead atoms. The number of imidazole rings is 1. The first-order valence-corrected chi connectivity index (χ1v) is 7.31. The Morgan fingerprint density at radius 2 is 2.09 bits per heavy atom. The van der Waals surface area contributed by atoms with Gasteiger partial charge in [0.25, 0.3) is 5.91 Å². The smallest absolute Gasteiger partial charge is 0.253 e. The van der Waals surface area contributed by atoms with Crippen LogP contribution in [0.3, 0.4) is 0 Å². The second-order valence-corrected chi connectivity index (χ2v) is 5.24. The maximum absolute atomic E-state index is 12.5. The zero-order chi connectivity index (χ0) is 14.9. The first-order valence-electron chi connectivity index (χ1n) is 7.31. The highest BCUT2D eigenvalue weighted by molar-refractivity contribution is 6.03. The third kappa shape index (κ3) is 2.11. The number of benzene rings is 1. The van der Waals surface area contributed by atoms with Crippen LogP contribution in [0, 0.1) is 0 Å². The number of hydrogen-bond acceptors (Lipinski definition) is 3. The van der Waals surface area contributed by atoms with Crippen molar-refractivity contribution in [3.63, 3.8) is 0 Å². The number of fused-ring (bicyclic) bond motifs is 3. The van der Waals surface area contributed by atoms with Crippen LogP contribution in [-0.2, 0) is 11.3 Å². The van der Waals surface area contributed by atoms with E-state index >= 15 is 0 Å². The molecule has 0 N–H and O–H groups in total. The summed E-state index contributed by atoms with van der Waals surface area (Å²) in [4.78, 5) is 18.8. The van der Waals surface area contributed by atoms with Crippen molar-refractivity contribution in [1.82, 2.24) is 9.55 Å². The number of amides is 1. The van der Waals surface area contributed by atoms with Crippen molar-refractivity contribution < 1.29 is 9.21 Å². The van der Waals surface area contributed by atoms with Crippen LogP contribution >= 0.6 is 0 Å². The predicted octanol–water partition coefficient (Wildman–Crippen LogP) is 3.08. The average Bonchev–Trinajstić information content (AvgIpc) is 3.19. The Balaban J connectivity index is 1.68. The molecule has 110 valence electrons. The molecule has 1 aliphatic rings. The minimum absolute atomic E-state index is 0.0762. The van der Waals surface area contributed by atoms with Crippen molar-refractivity contribution in [2.24, 2.45) is 0 Å². The van der Waals surface area contributed by atoms with Crippen LogP contribution in [0.2, 0.25) is 0 Å². The Morgan fingerprint density at radius 3 is 2.95 bits per heavy atom. The summed E-state index contributed by atoms with van der Waals surface area (Å²) in [6.07, 6.45) is 5.73. The van der Waals surface area contributed by atoms with E-state index in [4.69, 9.17) is 4.42 Å². The molecule has 22 heavy (non-hydrogen) atoms. The number of aryl methyl sites for hydroxylation is 1.